The maximum absolute atomic E-state index is 11.9. The monoisotopic (exact) mass is 226 g/mol. The van der Waals surface area contributed by atoms with Crippen LogP contribution in [0.1, 0.15) is 45.4 Å². The molecule has 1 saturated carbocycles. The van der Waals surface area contributed by atoms with E-state index in [4.69, 9.17) is 5.73 Å². The molecule has 94 valence electrons. The number of nitrogens with two attached hydrogens (primary N) is 1. The van der Waals surface area contributed by atoms with Crippen LogP contribution in [0.3, 0.4) is 0 Å². The molecular formula is C13H26N2O. The number of carbonyl (C=O) groups is 1. The normalized spacial score (nSPS) is 19.4. The Bertz CT molecular complexity index is 212. The number of nitrogens with zero attached hydrogens (tertiary/aromatic N) is 1. The zero-order chi connectivity index (χ0) is 12.0. The number of rotatable bonds is 5. The Morgan fingerprint density at radius 3 is 2.56 bits per heavy atom. The van der Waals surface area contributed by atoms with E-state index in [9.17, 15) is 4.79 Å². The van der Waals surface area contributed by atoms with Crippen LogP contribution in [-0.4, -0.2) is 30.9 Å². The van der Waals surface area contributed by atoms with Crippen molar-refractivity contribution in [3.8, 4) is 0 Å². The van der Waals surface area contributed by atoms with Gasteiger partial charge in [0.2, 0.25) is 5.91 Å². The Morgan fingerprint density at radius 1 is 1.38 bits per heavy atom. The second kappa shape index (κ2) is 6.89. The molecule has 1 aliphatic carbocycles. The molecule has 1 unspecified atom stereocenters. The standard InChI is InChI=1S/C13H26N2O/c1-11(9-14)8-13(16)15(2)10-12-6-4-3-5-7-12/h11-12H,3-10,14H2,1-2H3. The minimum Gasteiger partial charge on any atom is -0.345 e. The quantitative estimate of drug-likeness (QED) is 0.779. The van der Waals surface area contributed by atoms with E-state index in [1.807, 2.05) is 18.9 Å². The van der Waals surface area contributed by atoms with Crippen molar-refractivity contribution in [2.24, 2.45) is 17.6 Å². The van der Waals surface area contributed by atoms with Crippen molar-refractivity contribution >= 4 is 5.91 Å². The summed E-state index contributed by atoms with van der Waals surface area (Å²) in [7, 11) is 1.93. The molecule has 0 bridgehead atoms. The van der Waals surface area contributed by atoms with E-state index in [1.54, 1.807) is 0 Å². The third-order valence-corrected chi connectivity index (χ3v) is 3.61. The summed E-state index contributed by atoms with van der Waals surface area (Å²) >= 11 is 0. The van der Waals surface area contributed by atoms with Gasteiger partial charge in [0.1, 0.15) is 0 Å². The SMILES string of the molecule is CC(CN)CC(=O)N(C)CC1CCCCC1. The molecule has 16 heavy (non-hydrogen) atoms. The van der Waals surface area contributed by atoms with Crippen LogP contribution in [0.4, 0.5) is 0 Å². The minimum atomic E-state index is 0.253. The Labute approximate surface area is 99.4 Å². The average molecular weight is 226 g/mol. The fraction of sp³-hybridized carbons (Fsp3) is 0.923. The molecule has 0 spiro atoms. The zero-order valence-corrected chi connectivity index (χ0v) is 10.7. The van der Waals surface area contributed by atoms with Gasteiger partial charge >= 0.3 is 0 Å². The molecule has 1 atom stereocenters. The van der Waals surface area contributed by atoms with Gasteiger partial charge in [0.15, 0.2) is 0 Å². The van der Waals surface area contributed by atoms with Crippen LogP contribution in [-0.2, 0) is 4.79 Å². The molecule has 1 fully saturated rings. The maximum Gasteiger partial charge on any atom is 0.222 e. The van der Waals surface area contributed by atoms with E-state index in [-0.39, 0.29) is 5.91 Å². The Hall–Kier alpha value is -0.570. The third-order valence-electron chi connectivity index (χ3n) is 3.61. The molecule has 0 radical (unpaired) electrons. The van der Waals surface area contributed by atoms with Gasteiger partial charge < -0.3 is 10.6 Å². The Kier molecular flexibility index (Phi) is 5.81. The number of amides is 1. The lowest BCUT2D eigenvalue weighted by atomic mass is 9.89. The van der Waals surface area contributed by atoms with E-state index < -0.39 is 0 Å². The average Bonchev–Trinajstić information content (AvgIpc) is 2.30. The summed E-state index contributed by atoms with van der Waals surface area (Å²) in [4.78, 5) is 13.8. The summed E-state index contributed by atoms with van der Waals surface area (Å²) in [5, 5.41) is 0. The smallest absolute Gasteiger partial charge is 0.222 e. The lowest BCUT2D eigenvalue weighted by Gasteiger charge is -2.27. The molecule has 0 aromatic heterocycles. The molecule has 0 aromatic carbocycles. The van der Waals surface area contributed by atoms with Crippen molar-refractivity contribution in [3.05, 3.63) is 0 Å². The first-order valence-electron chi connectivity index (χ1n) is 6.57. The van der Waals surface area contributed by atoms with Gasteiger partial charge in [-0.1, -0.05) is 26.2 Å². The summed E-state index contributed by atoms with van der Waals surface area (Å²) in [6.45, 7) is 3.57. The Morgan fingerprint density at radius 2 is 2.00 bits per heavy atom. The number of hydrogen-bond acceptors (Lipinski definition) is 2. The molecule has 1 aliphatic rings. The molecule has 1 amide bonds. The summed E-state index contributed by atoms with van der Waals surface area (Å²) in [5.74, 6) is 1.29. The van der Waals surface area contributed by atoms with Crippen molar-refractivity contribution < 1.29 is 4.79 Å². The van der Waals surface area contributed by atoms with Crippen LogP contribution in [0.25, 0.3) is 0 Å². The van der Waals surface area contributed by atoms with Crippen molar-refractivity contribution in [1.29, 1.82) is 0 Å². The first-order chi connectivity index (χ1) is 7.63. The molecule has 3 heteroatoms. The van der Waals surface area contributed by atoms with E-state index in [2.05, 4.69) is 0 Å². The van der Waals surface area contributed by atoms with Gasteiger partial charge in [-0.25, -0.2) is 0 Å². The zero-order valence-electron chi connectivity index (χ0n) is 10.7. The molecule has 0 saturated heterocycles. The van der Waals surface area contributed by atoms with Gasteiger partial charge in [0, 0.05) is 20.0 Å². The highest BCUT2D eigenvalue weighted by Gasteiger charge is 2.19. The fourth-order valence-electron chi connectivity index (χ4n) is 2.40. The fourth-order valence-corrected chi connectivity index (χ4v) is 2.40. The first-order valence-corrected chi connectivity index (χ1v) is 6.57. The van der Waals surface area contributed by atoms with E-state index in [0.717, 1.165) is 12.5 Å². The minimum absolute atomic E-state index is 0.253. The van der Waals surface area contributed by atoms with Crippen molar-refractivity contribution in [2.45, 2.75) is 45.4 Å². The molecule has 3 nitrogen and oxygen atoms in total. The predicted octanol–water partition coefficient (Wildman–Crippen LogP) is 2.01. The predicted molar refractivity (Wildman–Crippen MR) is 67.0 cm³/mol. The van der Waals surface area contributed by atoms with Crippen LogP contribution >= 0.6 is 0 Å². The molecule has 0 heterocycles. The second-order valence-electron chi connectivity index (χ2n) is 5.32. The van der Waals surface area contributed by atoms with Crippen LogP contribution in [0.15, 0.2) is 0 Å². The van der Waals surface area contributed by atoms with Crippen LogP contribution < -0.4 is 5.73 Å². The Balaban J connectivity index is 2.27. The summed E-state index contributed by atoms with van der Waals surface area (Å²) in [5.41, 5.74) is 5.53. The number of hydrogen-bond donors (Lipinski definition) is 1. The van der Waals surface area contributed by atoms with Crippen molar-refractivity contribution in [2.75, 3.05) is 20.1 Å². The first kappa shape index (κ1) is 13.5. The molecule has 1 rings (SSSR count). The van der Waals surface area contributed by atoms with E-state index >= 15 is 0 Å². The highest BCUT2D eigenvalue weighted by atomic mass is 16.2. The summed E-state index contributed by atoms with van der Waals surface area (Å²) in [6, 6.07) is 0. The number of carbonyl (C=O) groups excluding carboxylic acids is 1. The third kappa shape index (κ3) is 4.52. The van der Waals surface area contributed by atoms with Gasteiger partial charge in [-0.15, -0.1) is 0 Å². The highest BCUT2D eigenvalue weighted by Crippen LogP contribution is 2.24. The molecule has 2 N–H and O–H groups in total. The summed E-state index contributed by atoms with van der Waals surface area (Å²) in [6.07, 6.45) is 7.24. The van der Waals surface area contributed by atoms with E-state index in [1.165, 1.54) is 32.1 Å². The topological polar surface area (TPSA) is 46.3 Å². The van der Waals surface area contributed by atoms with E-state index in [0.29, 0.717) is 18.9 Å². The van der Waals surface area contributed by atoms with Gasteiger partial charge in [-0.3, -0.25) is 4.79 Å². The van der Waals surface area contributed by atoms with Crippen LogP contribution in [0, 0.1) is 11.8 Å². The van der Waals surface area contributed by atoms with Gasteiger partial charge in [-0.2, -0.15) is 0 Å². The maximum atomic E-state index is 11.9. The lowest BCUT2D eigenvalue weighted by Crippen LogP contribution is -2.34. The lowest BCUT2D eigenvalue weighted by molar-refractivity contribution is -0.131. The van der Waals surface area contributed by atoms with Crippen LogP contribution in [0.2, 0.25) is 0 Å². The van der Waals surface area contributed by atoms with Crippen molar-refractivity contribution in [3.63, 3.8) is 0 Å². The molecular weight excluding hydrogens is 200 g/mol. The highest BCUT2D eigenvalue weighted by molar-refractivity contribution is 5.76. The van der Waals surface area contributed by atoms with Gasteiger partial charge in [0.05, 0.1) is 0 Å². The second-order valence-corrected chi connectivity index (χ2v) is 5.32. The van der Waals surface area contributed by atoms with Crippen molar-refractivity contribution in [1.82, 2.24) is 4.90 Å². The summed E-state index contributed by atoms with van der Waals surface area (Å²) < 4.78 is 0. The largest absolute Gasteiger partial charge is 0.345 e. The van der Waals surface area contributed by atoms with Crippen LogP contribution in [0.5, 0.6) is 0 Å². The molecule has 0 aliphatic heterocycles. The van der Waals surface area contributed by atoms with Gasteiger partial charge in [0.25, 0.3) is 0 Å². The van der Waals surface area contributed by atoms with Gasteiger partial charge in [-0.05, 0) is 31.2 Å². The molecule has 0 aromatic rings.